The molecule has 0 spiro atoms. The molecule has 0 saturated heterocycles. The molecule has 0 atom stereocenters. The molecule has 6 rings (SSSR count). The highest BCUT2D eigenvalue weighted by molar-refractivity contribution is 5.87. The Kier molecular flexibility index (Phi) is 26.4. The largest absolute Gasteiger partial charge is 0.462 e. The Morgan fingerprint density at radius 2 is 0.827 bits per heavy atom. The number of hydrogen-bond acceptors (Lipinski definition) is 12. The Morgan fingerprint density at radius 3 is 1.19 bits per heavy atom. The number of esters is 4. The van der Waals surface area contributed by atoms with Crippen LogP contribution in [0.3, 0.4) is 0 Å². The Labute approximate surface area is 447 Å². The summed E-state index contributed by atoms with van der Waals surface area (Å²) in [5.41, 5.74) is 29.1. The number of ether oxygens (including phenoxy) is 4. The van der Waals surface area contributed by atoms with Gasteiger partial charge < -0.3 is 41.9 Å². The number of hydrogen-bond donors (Lipinski definition) is 4. The monoisotopic (exact) mass is 1030 g/mol. The van der Waals surface area contributed by atoms with E-state index < -0.39 is 11.9 Å². The highest BCUT2D eigenvalue weighted by Gasteiger charge is 2.29. The second kappa shape index (κ2) is 33.4. The quantitative estimate of drug-likeness (QED) is 0.0145. The van der Waals surface area contributed by atoms with Gasteiger partial charge in [0.25, 0.3) is 0 Å². The van der Waals surface area contributed by atoms with Crippen LogP contribution in [-0.4, -0.2) is 37.1 Å². The van der Waals surface area contributed by atoms with E-state index in [0.29, 0.717) is 47.1 Å². The molecule has 75 heavy (non-hydrogen) atoms. The van der Waals surface area contributed by atoms with Crippen molar-refractivity contribution in [2.45, 2.75) is 162 Å². The predicted octanol–water partition coefficient (Wildman–Crippen LogP) is 13.8. The summed E-state index contributed by atoms with van der Waals surface area (Å²) < 4.78 is 21.8. The van der Waals surface area contributed by atoms with E-state index in [1.807, 2.05) is 36.4 Å². The predicted molar refractivity (Wildman–Crippen MR) is 304 cm³/mol. The van der Waals surface area contributed by atoms with Gasteiger partial charge in [0.2, 0.25) is 0 Å². The van der Waals surface area contributed by atoms with E-state index in [2.05, 4.69) is 13.8 Å². The molecule has 2 aliphatic carbocycles. The standard InChI is InChI=1S/C32H44N2O4.C31H42N2O4/c1-2-3-4-5-6-7-8-24-9-14-27(15-10-24)32(36)38-29-18-11-25(12-19-29)13-20-31(35)37-22-21-26-16-17-28(33)23-30(26)34;1-2-3-4-5-6-7-23-8-13-26(14-9-23)31(35)37-28-17-10-24(11-18-28)12-19-30(34)36-21-20-25-15-16-27(32)22-29(25)33/h11-13,16-20,23-24,27H,2-10,14-15,21-22,33-34H2,1H3;10-12,15-19,22-23,26H,2-9,13-14,20-21,32-33H2,1H3/b20-13+;19-12+. The van der Waals surface area contributed by atoms with Gasteiger partial charge in [-0.05, 0) is 146 Å². The van der Waals surface area contributed by atoms with Crippen molar-refractivity contribution in [1.82, 2.24) is 0 Å². The number of nitrogen functional groups attached to an aromatic ring is 4. The third-order valence-electron chi connectivity index (χ3n) is 14.6. The lowest BCUT2D eigenvalue weighted by Gasteiger charge is -2.27. The lowest BCUT2D eigenvalue weighted by Crippen LogP contribution is -2.25. The summed E-state index contributed by atoms with van der Waals surface area (Å²) in [5.74, 6) is 1.46. The molecule has 2 aliphatic rings. The van der Waals surface area contributed by atoms with Gasteiger partial charge in [-0.2, -0.15) is 0 Å². The van der Waals surface area contributed by atoms with Gasteiger partial charge in [0.15, 0.2) is 0 Å². The fraction of sp³-hybridized carbons (Fsp3) is 0.492. The van der Waals surface area contributed by atoms with Gasteiger partial charge in [0.1, 0.15) is 11.5 Å². The van der Waals surface area contributed by atoms with Crippen molar-refractivity contribution in [1.29, 1.82) is 0 Å². The number of benzene rings is 4. The van der Waals surface area contributed by atoms with Crippen LogP contribution >= 0.6 is 0 Å². The molecule has 12 nitrogen and oxygen atoms in total. The normalized spacial score (nSPS) is 17.5. The number of nitrogens with two attached hydrogens (primary N) is 4. The minimum atomic E-state index is -0.430. The van der Waals surface area contributed by atoms with Crippen molar-refractivity contribution in [2.75, 3.05) is 36.1 Å². The van der Waals surface area contributed by atoms with Crippen molar-refractivity contribution in [3.63, 3.8) is 0 Å². The van der Waals surface area contributed by atoms with Crippen LogP contribution < -0.4 is 32.4 Å². The van der Waals surface area contributed by atoms with Crippen LogP contribution in [0.25, 0.3) is 12.2 Å². The first kappa shape index (κ1) is 59.3. The maximum Gasteiger partial charge on any atom is 0.330 e. The number of rotatable bonds is 27. The van der Waals surface area contributed by atoms with Crippen LogP contribution in [0.1, 0.15) is 171 Å². The highest BCUT2D eigenvalue weighted by Crippen LogP contribution is 2.35. The van der Waals surface area contributed by atoms with Gasteiger partial charge >= 0.3 is 23.9 Å². The van der Waals surface area contributed by atoms with Gasteiger partial charge in [-0.1, -0.05) is 134 Å². The first-order valence-corrected chi connectivity index (χ1v) is 28.0. The van der Waals surface area contributed by atoms with Gasteiger partial charge in [-0.25, -0.2) is 9.59 Å². The van der Waals surface area contributed by atoms with E-state index in [-0.39, 0.29) is 37.0 Å². The zero-order chi connectivity index (χ0) is 53.6. The summed E-state index contributed by atoms with van der Waals surface area (Å²) in [5, 5.41) is 0. The molecule has 0 amide bonds. The lowest BCUT2D eigenvalue weighted by atomic mass is 9.80. The number of anilines is 4. The number of unbranched alkanes of at least 4 members (excludes halogenated alkanes) is 9. The van der Waals surface area contributed by atoms with Crippen molar-refractivity contribution in [3.05, 3.63) is 119 Å². The number of carbonyl (C=O) groups excluding carboxylic acids is 4. The molecular weight excluding hydrogens is 941 g/mol. The van der Waals surface area contributed by atoms with E-state index in [0.717, 1.165) is 85.5 Å². The second-order valence-corrected chi connectivity index (χ2v) is 20.6. The third-order valence-corrected chi connectivity index (χ3v) is 14.6. The van der Waals surface area contributed by atoms with Gasteiger partial charge in [0.05, 0.1) is 25.0 Å². The summed E-state index contributed by atoms with van der Waals surface area (Å²) in [4.78, 5) is 49.4. The van der Waals surface area contributed by atoms with Crippen LogP contribution in [0.2, 0.25) is 0 Å². The molecule has 4 aromatic carbocycles. The number of carbonyl (C=O) groups is 4. The van der Waals surface area contributed by atoms with Crippen molar-refractivity contribution in [2.24, 2.45) is 23.7 Å². The van der Waals surface area contributed by atoms with E-state index in [4.69, 9.17) is 41.9 Å². The average Bonchev–Trinajstić information content (AvgIpc) is 3.41. The Balaban J connectivity index is 0.000000277. The summed E-state index contributed by atoms with van der Waals surface area (Å²) >= 11 is 0. The fourth-order valence-corrected chi connectivity index (χ4v) is 9.95. The molecule has 8 N–H and O–H groups in total. The molecule has 0 heterocycles. The van der Waals surface area contributed by atoms with Crippen LogP contribution in [0.5, 0.6) is 11.5 Å². The van der Waals surface area contributed by atoms with Gasteiger partial charge in [-0.15, -0.1) is 0 Å². The summed E-state index contributed by atoms with van der Waals surface area (Å²) in [6, 6.07) is 24.9. The summed E-state index contributed by atoms with van der Waals surface area (Å²) in [6.07, 6.45) is 32.6. The average molecular weight is 1030 g/mol. The molecule has 4 aromatic rings. The first-order chi connectivity index (χ1) is 36.4. The van der Waals surface area contributed by atoms with Crippen LogP contribution in [0.4, 0.5) is 22.7 Å². The van der Waals surface area contributed by atoms with Crippen molar-refractivity contribution >= 4 is 58.8 Å². The van der Waals surface area contributed by atoms with E-state index >= 15 is 0 Å². The molecule has 2 fully saturated rings. The van der Waals surface area contributed by atoms with Crippen LogP contribution in [0, 0.1) is 23.7 Å². The molecular formula is C63H86N4O8. The highest BCUT2D eigenvalue weighted by atomic mass is 16.5. The zero-order valence-corrected chi connectivity index (χ0v) is 45.0. The zero-order valence-electron chi connectivity index (χ0n) is 45.0. The third kappa shape index (κ3) is 22.8. The Bertz CT molecular complexity index is 2400. The Morgan fingerprint density at radius 1 is 0.467 bits per heavy atom. The second-order valence-electron chi connectivity index (χ2n) is 20.6. The molecule has 12 heteroatoms. The summed E-state index contributed by atoms with van der Waals surface area (Å²) in [7, 11) is 0. The maximum atomic E-state index is 12.7. The van der Waals surface area contributed by atoms with Gasteiger partial charge in [0, 0.05) is 47.7 Å². The van der Waals surface area contributed by atoms with Gasteiger partial charge in [-0.3, -0.25) is 9.59 Å². The fourth-order valence-electron chi connectivity index (χ4n) is 9.95. The van der Waals surface area contributed by atoms with E-state index in [1.165, 1.54) is 95.6 Å². The van der Waals surface area contributed by atoms with Crippen molar-refractivity contribution in [3.8, 4) is 11.5 Å². The van der Waals surface area contributed by atoms with E-state index in [1.54, 1.807) is 60.7 Å². The topological polar surface area (TPSA) is 209 Å². The summed E-state index contributed by atoms with van der Waals surface area (Å²) in [6.45, 7) is 4.96. The van der Waals surface area contributed by atoms with E-state index in [9.17, 15) is 19.2 Å². The smallest absolute Gasteiger partial charge is 0.330 e. The maximum absolute atomic E-state index is 12.7. The molecule has 0 radical (unpaired) electrons. The Hall–Kier alpha value is -6.56. The van der Waals surface area contributed by atoms with Crippen molar-refractivity contribution < 1.29 is 38.1 Å². The SMILES string of the molecule is CCCCCCCC1CCC(C(=O)Oc2ccc(/C=C/C(=O)OCCc3ccc(N)cc3N)cc2)CC1.CCCCCCCCC1CCC(C(=O)Oc2ccc(/C=C/C(=O)OCCc3ccc(N)cc3N)cc2)CC1. The van der Waals surface area contributed by atoms with Crippen LogP contribution in [-0.2, 0) is 41.5 Å². The molecule has 2 saturated carbocycles. The molecule has 0 unspecified atom stereocenters. The molecule has 0 bridgehead atoms. The lowest BCUT2D eigenvalue weighted by molar-refractivity contribution is -0.141. The minimum Gasteiger partial charge on any atom is -0.462 e. The minimum absolute atomic E-state index is 0.00530. The van der Waals surface area contributed by atoms with Crippen LogP contribution in [0.15, 0.2) is 97.1 Å². The molecule has 406 valence electrons. The molecule has 0 aromatic heterocycles. The first-order valence-electron chi connectivity index (χ1n) is 28.0. The molecule has 0 aliphatic heterocycles.